The molecule has 0 bridgehead atoms. The van der Waals surface area contributed by atoms with Crippen molar-refractivity contribution in [3.63, 3.8) is 0 Å². The molecule has 0 aromatic carbocycles. The second-order valence-corrected chi connectivity index (χ2v) is 6.33. The molecule has 1 unspecified atom stereocenters. The highest BCUT2D eigenvalue weighted by molar-refractivity contribution is 5.76. The van der Waals surface area contributed by atoms with Crippen molar-refractivity contribution in [2.45, 2.75) is 73.0 Å². The van der Waals surface area contributed by atoms with Gasteiger partial charge >= 0.3 is 0 Å². The van der Waals surface area contributed by atoms with E-state index in [2.05, 4.69) is 27.7 Å². The molecule has 2 nitrogen and oxygen atoms in total. The Morgan fingerprint density at radius 1 is 1.20 bits per heavy atom. The van der Waals surface area contributed by atoms with Crippen LogP contribution in [0, 0.1) is 5.41 Å². The molecule has 0 heterocycles. The molecule has 0 N–H and O–H groups in total. The highest BCUT2D eigenvalue weighted by atomic mass is 16.5. The lowest BCUT2D eigenvalue weighted by Crippen LogP contribution is -2.33. The molecule has 0 aromatic heterocycles. The minimum absolute atomic E-state index is 0.183. The van der Waals surface area contributed by atoms with Gasteiger partial charge in [0.15, 0.2) is 0 Å². The van der Waals surface area contributed by atoms with Crippen LogP contribution >= 0.6 is 0 Å². The maximum Gasteiger partial charge on any atom is 0.132 e. The third kappa shape index (κ3) is 8.61. The van der Waals surface area contributed by atoms with E-state index in [1.54, 1.807) is 6.92 Å². The summed E-state index contributed by atoms with van der Waals surface area (Å²) in [6.45, 7) is 14.2. The molecule has 0 aliphatic carbocycles. The van der Waals surface area contributed by atoms with Crippen molar-refractivity contribution in [1.29, 1.82) is 0 Å². The van der Waals surface area contributed by atoms with E-state index in [0.717, 1.165) is 6.42 Å². The van der Waals surface area contributed by atoms with Gasteiger partial charge in [0.1, 0.15) is 5.78 Å². The van der Waals surface area contributed by atoms with Gasteiger partial charge in [0.25, 0.3) is 0 Å². The van der Waals surface area contributed by atoms with Crippen LogP contribution in [0.3, 0.4) is 0 Å². The van der Waals surface area contributed by atoms with E-state index in [1.165, 1.54) is 0 Å². The SMILES string of the molecule is CC(=O)CC(C)(C)OC(C)CC(C)(C)C. The molecule has 0 radical (unpaired) electrons. The summed E-state index contributed by atoms with van der Waals surface area (Å²) in [6.07, 6.45) is 1.69. The summed E-state index contributed by atoms with van der Waals surface area (Å²) in [6, 6.07) is 0. The Hall–Kier alpha value is -0.370. The molecule has 2 heteroatoms. The number of hydrogen-bond acceptors (Lipinski definition) is 2. The lowest BCUT2D eigenvalue weighted by molar-refractivity contribution is -0.127. The van der Waals surface area contributed by atoms with Gasteiger partial charge in [0, 0.05) is 6.42 Å². The lowest BCUT2D eigenvalue weighted by atomic mass is 9.89. The summed E-state index contributed by atoms with van der Waals surface area (Å²) in [7, 11) is 0. The zero-order valence-corrected chi connectivity index (χ0v) is 11.3. The van der Waals surface area contributed by atoms with Crippen LogP contribution in [0.5, 0.6) is 0 Å². The maximum absolute atomic E-state index is 11.0. The lowest BCUT2D eigenvalue weighted by Gasteiger charge is -2.31. The van der Waals surface area contributed by atoms with Crippen molar-refractivity contribution in [3.05, 3.63) is 0 Å². The van der Waals surface area contributed by atoms with Crippen LogP contribution in [0.1, 0.15) is 61.3 Å². The highest BCUT2D eigenvalue weighted by Gasteiger charge is 2.25. The Balaban J connectivity index is 4.15. The quantitative estimate of drug-likeness (QED) is 0.699. The zero-order valence-electron chi connectivity index (χ0n) is 11.3. The third-order valence-corrected chi connectivity index (χ3v) is 2.09. The Kier molecular flexibility index (Phi) is 4.98. The van der Waals surface area contributed by atoms with E-state index < -0.39 is 0 Å². The van der Waals surface area contributed by atoms with Crippen molar-refractivity contribution in [3.8, 4) is 0 Å². The first kappa shape index (κ1) is 14.6. The Morgan fingerprint density at radius 3 is 2.00 bits per heavy atom. The van der Waals surface area contributed by atoms with Gasteiger partial charge in [0.2, 0.25) is 0 Å². The fraction of sp³-hybridized carbons (Fsp3) is 0.923. The van der Waals surface area contributed by atoms with Crippen molar-refractivity contribution in [2.24, 2.45) is 5.41 Å². The highest BCUT2D eigenvalue weighted by Crippen LogP contribution is 2.26. The van der Waals surface area contributed by atoms with Crippen molar-refractivity contribution in [2.75, 3.05) is 0 Å². The molecule has 0 aliphatic rings. The first-order valence-electron chi connectivity index (χ1n) is 5.69. The van der Waals surface area contributed by atoms with Gasteiger partial charge in [0.05, 0.1) is 11.7 Å². The molecule has 0 aromatic rings. The van der Waals surface area contributed by atoms with Crippen LogP contribution in [0.25, 0.3) is 0 Å². The van der Waals surface area contributed by atoms with Gasteiger partial charge in [-0.25, -0.2) is 0 Å². The van der Waals surface area contributed by atoms with Gasteiger partial charge in [-0.1, -0.05) is 20.8 Å². The summed E-state index contributed by atoms with van der Waals surface area (Å²) in [4.78, 5) is 11.0. The van der Waals surface area contributed by atoms with E-state index in [0.29, 0.717) is 6.42 Å². The molecule has 15 heavy (non-hydrogen) atoms. The van der Waals surface area contributed by atoms with Gasteiger partial charge in [-0.15, -0.1) is 0 Å². The molecule has 0 saturated carbocycles. The average molecular weight is 214 g/mol. The van der Waals surface area contributed by atoms with Crippen LogP contribution in [-0.2, 0) is 9.53 Å². The largest absolute Gasteiger partial charge is 0.372 e. The molecule has 1 atom stereocenters. The first-order chi connectivity index (χ1) is 6.52. The molecule has 0 spiro atoms. The van der Waals surface area contributed by atoms with Crippen molar-refractivity contribution in [1.82, 2.24) is 0 Å². The van der Waals surface area contributed by atoms with Crippen molar-refractivity contribution < 1.29 is 9.53 Å². The van der Waals surface area contributed by atoms with Gasteiger partial charge in [-0.3, -0.25) is 4.79 Å². The standard InChI is InChI=1S/C13H26O2/c1-10(14)8-13(6,7)15-11(2)9-12(3,4)5/h11H,8-9H2,1-7H3. The molecule has 0 fully saturated rings. The topological polar surface area (TPSA) is 26.3 Å². The zero-order chi connectivity index (χ0) is 12.3. The summed E-state index contributed by atoms with van der Waals surface area (Å²) in [5, 5.41) is 0. The number of ketones is 1. The summed E-state index contributed by atoms with van der Waals surface area (Å²) in [5.74, 6) is 0.183. The van der Waals surface area contributed by atoms with E-state index in [-0.39, 0.29) is 22.9 Å². The van der Waals surface area contributed by atoms with Gasteiger partial charge < -0.3 is 4.74 Å². The molecular weight excluding hydrogens is 188 g/mol. The fourth-order valence-electron chi connectivity index (χ4n) is 2.09. The molecule has 0 rings (SSSR count). The molecule has 0 amide bonds. The second-order valence-electron chi connectivity index (χ2n) is 6.33. The number of carbonyl (C=O) groups is 1. The summed E-state index contributed by atoms with van der Waals surface area (Å²) in [5.41, 5.74) is -0.0672. The fourth-order valence-corrected chi connectivity index (χ4v) is 2.09. The van der Waals surface area contributed by atoms with Gasteiger partial charge in [-0.2, -0.15) is 0 Å². The van der Waals surface area contributed by atoms with E-state index in [1.807, 2.05) is 13.8 Å². The normalized spacial score (nSPS) is 15.1. The first-order valence-corrected chi connectivity index (χ1v) is 5.69. The molecule has 0 aliphatic heterocycles. The Labute approximate surface area is 94.4 Å². The predicted molar refractivity (Wildman–Crippen MR) is 64.0 cm³/mol. The summed E-state index contributed by atoms with van der Waals surface area (Å²) < 4.78 is 5.90. The van der Waals surface area contributed by atoms with Gasteiger partial charge in [-0.05, 0) is 39.5 Å². The molecule has 90 valence electrons. The minimum atomic E-state index is -0.337. The maximum atomic E-state index is 11.0. The number of hydrogen-bond donors (Lipinski definition) is 0. The van der Waals surface area contributed by atoms with Crippen LogP contribution in [-0.4, -0.2) is 17.5 Å². The second kappa shape index (κ2) is 5.11. The predicted octanol–water partition coefficient (Wildman–Crippen LogP) is 3.59. The number of Topliss-reactive ketones (excluding diaryl/α,β-unsaturated/α-hetero) is 1. The number of carbonyl (C=O) groups excluding carboxylic acids is 1. The molecule has 0 saturated heterocycles. The van der Waals surface area contributed by atoms with Crippen molar-refractivity contribution >= 4 is 5.78 Å². The molecular formula is C13H26O2. The monoisotopic (exact) mass is 214 g/mol. The summed E-state index contributed by atoms with van der Waals surface area (Å²) >= 11 is 0. The average Bonchev–Trinajstić information content (AvgIpc) is 1.73. The van der Waals surface area contributed by atoms with Crippen LogP contribution in [0.4, 0.5) is 0 Å². The Morgan fingerprint density at radius 2 is 1.67 bits per heavy atom. The van der Waals surface area contributed by atoms with Crippen LogP contribution in [0.15, 0.2) is 0 Å². The van der Waals surface area contributed by atoms with E-state index in [9.17, 15) is 4.79 Å². The Bertz CT molecular complexity index is 211. The van der Waals surface area contributed by atoms with Crippen LogP contribution in [0.2, 0.25) is 0 Å². The minimum Gasteiger partial charge on any atom is -0.372 e. The van der Waals surface area contributed by atoms with E-state index >= 15 is 0 Å². The number of rotatable bonds is 5. The number of ether oxygens (including phenoxy) is 1. The van der Waals surface area contributed by atoms with Crippen LogP contribution < -0.4 is 0 Å². The smallest absolute Gasteiger partial charge is 0.132 e. The van der Waals surface area contributed by atoms with E-state index in [4.69, 9.17) is 4.74 Å². The third-order valence-electron chi connectivity index (χ3n) is 2.09.